The van der Waals surface area contributed by atoms with Crippen LogP contribution in [0.3, 0.4) is 0 Å². The van der Waals surface area contributed by atoms with E-state index in [9.17, 15) is 0 Å². The number of fused-ring (bicyclic) bond motifs is 7. The lowest BCUT2D eigenvalue weighted by atomic mass is 9.73. The summed E-state index contributed by atoms with van der Waals surface area (Å²) in [4.78, 5) is 0. The molecule has 0 N–H and O–H groups in total. The second-order valence-corrected chi connectivity index (χ2v) is 12.5. The molecule has 4 heteroatoms. The van der Waals surface area contributed by atoms with Crippen LogP contribution in [-0.4, -0.2) is 12.2 Å². The largest absolute Gasteiger partial charge is 0.426 e. The van der Waals surface area contributed by atoms with Gasteiger partial charge in [-0.05, 0) is 97.4 Å². The van der Waals surface area contributed by atoms with Crippen LogP contribution in [0.15, 0.2) is 36.4 Å². The van der Waals surface area contributed by atoms with E-state index in [0.29, 0.717) is 17.8 Å². The summed E-state index contributed by atoms with van der Waals surface area (Å²) < 4.78 is 20.4. The Kier molecular flexibility index (Phi) is 6.48. The van der Waals surface area contributed by atoms with Crippen molar-refractivity contribution in [3.05, 3.63) is 64.2 Å². The lowest BCUT2D eigenvalue weighted by Gasteiger charge is -2.38. The van der Waals surface area contributed by atoms with E-state index < -0.39 is 8.60 Å². The van der Waals surface area contributed by atoms with Crippen LogP contribution in [0.2, 0.25) is 0 Å². The van der Waals surface area contributed by atoms with E-state index in [2.05, 4.69) is 57.2 Å². The molecule has 1 heterocycles. The van der Waals surface area contributed by atoms with Crippen LogP contribution in [0.4, 0.5) is 0 Å². The molecule has 0 amide bonds. The van der Waals surface area contributed by atoms with Crippen molar-refractivity contribution in [2.45, 2.75) is 96.7 Å². The molecule has 182 valence electrons. The third kappa shape index (κ3) is 4.23. The molecule has 6 rings (SSSR count). The van der Waals surface area contributed by atoms with Crippen molar-refractivity contribution in [2.24, 2.45) is 17.8 Å². The normalized spacial score (nSPS) is 32.6. The van der Waals surface area contributed by atoms with Crippen molar-refractivity contribution in [2.75, 3.05) is 0 Å². The van der Waals surface area contributed by atoms with Crippen LogP contribution >= 0.6 is 8.60 Å². The summed E-state index contributed by atoms with van der Waals surface area (Å²) in [6, 6.07) is 13.6. The first-order valence-corrected chi connectivity index (χ1v) is 14.7. The van der Waals surface area contributed by atoms with E-state index >= 15 is 0 Å². The Morgan fingerprint density at radius 2 is 1.79 bits per heavy atom. The highest BCUT2D eigenvalue weighted by Crippen LogP contribution is 2.57. The van der Waals surface area contributed by atoms with Crippen LogP contribution in [0, 0.1) is 17.8 Å². The maximum absolute atomic E-state index is 6.83. The average Bonchev–Trinajstić information content (AvgIpc) is 3.00. The highest BCUT2D eigenvalue weighted by Gasteiger charge is 2.43. The van der Waals surface area contributed by atoms with E-state index in [4.69, 9.17) is 13.6 Å². The molecule has 4 aliphatic rings. The summed E-state index contributed by atoms with van der Waals surface area (Å²) in [6.07, 6.45) is 11.0. The second kappa shape index (κ2) is 9.57. The van der Waals surface area contributed by atoms with Crippen molar-refractivity contribution >= 4 is 8.60 Å². The van der Waals surface area contributed by atoms with Crippen LogP contribution < -0.4 is 4.52 Å². The first-order valence-electron chi connectivity index (χ1n) is 13.6. The molecular weight excluding hydrogens is 439 g/mol. The van der Waals surface area contributed by atoms with E-state index in [-0.39, 0.29) is 18.1 Å². The Hall–Kier alpha value is -1.41. The van der Waals surface area contributed by atoms with Gasteiger partial charge in [-0.15, -0.1) is 0 Å². The second-order valence-electron chi connectivity index (χ2n) is 11.5. The van der Waals surface area contributed by atoms with Gasteiger partial charge in [0.05, 0.1) is 12.2 Å². The number of aryl methyl sites for hydroxylation is 2. The monoisotopic (exact) mass is 478 g/mol. The third-order valence-electron chi connectivity index (χ3n) is 8.89. The fourth-order valence-electron chi connectivity index (χ4n) is 7.05. The number of hydrogen-bond acceptors (Lipinski definition) is 3. The van der Waals surface area contributed by atoms with Gasteiger partial charge in [0.2, 0.25) is 0 Å². The van der Waals surface area contributed by atoms with Gasteiger partial charge in [-0.25, -0.2) is 0 Å². The lowest BCUT2D eigenvalue weighted by molar-refractivity contribution is 0.0237. The minimum Gasteiger partial charge on any atom is -0.426 e. The van der Waals surface area contributed by atoms with Crippen molar-refractivity contribution in [3.63, 3.8) is 0 Å². The number of hydrogen-bond donors (Lipinski definition) is 0. The number of benzene rings is 2. The molecule has 1 fully saturated rings. The molecule has 2 unspecified atom stereocenters. The van der Waals surface area contributed by atoms with Gasteiger partial charge in [0, 0.05) is 11.5 Å². The topological polar surface area (TPSA) is 27.7 Å². The van der Waals surface area contributed by atoms with Gasteiger partial charge in [-0.1, -0.05) is 57.5 Å². The molecule has 0 aromatic heterocycles. The fraction of sp³-hybridized carbons (Fsp3) is 0.600. The standard InChI is InChI=1S/C30H39O3P/c1-19(2)23-15-12-20(3)18-28(23)33-34-31-26-16-13-21-8-4-6-10-24(21)29(26)30-25-11-7-5-9-22(25)14-17-27(30)32-34/h4,6,8,10,14,17,19-20,23,26,28-29H,5,7,9,11-13,15-16,18H2,1-3H3/t20-,23+,26?,28-,29+,34?/m1/s1. The fourth-order valence-corrected chi connectivity index (χ4v) is 8.41. The Morgan fingerprint density at radius 3 is 2.68 bits per heavy atom. The van der Waals surface area contributed by atoms with Gasteiger partial charge in [-0.3, -0.25) is 9.05 Å². The smallest absolute Gasteiger partial charge is 0.397 e. The zero-order valence-corrected chi connectivity index (χ0v) is 21.9. The molecule has 0 saturated heterocycles. The van der Waals surface area contributed by atoms with Gasteiger partial charge in [0.25, 0.3) is 0 Å². The van der Waals surface area contributed by atoms with Crippen molar-refractivity contribution in [1.29, 1.82) is 0 Å². The molecule has 34 heavy (non-hydrogen) atoms. The molecule has 2 aromatic carbocycles. The number of rotatable bonds is 3. The van der Waals surface area contributed by atoms with Crippen molar-refractivity contribution < 1.29 is 13.6 Å². The van der Waals surface area contributed by atoms with Crippen LogP contribution in [-0.2, 0) is 28.3 Å². The Labute approximate surface area is 206 Å². The maximum Gasteiger partial charge on any atom is 0.397 e. The molecule has 1 saturated carbocycles. The molecular formula is C30H39O3P. The van der Waals surface area contributed by atoms with Crippen LogP contribution in [0.5, 0.6) is 5.75 Å². The van der Waals surface area contributed by atoms with E-state index in [1.54, 1.807) is 0 Å². The Balaban J connectivity index is 1.39. The Morgan fingerprint density at radius 1 is 0.941 bits per heavy atom. The quantitative estimate of drug-likeness (QED) is 0.417. The summed E-state index contributed by atoms with van der Waals surface area (Å²) in [6.45, 7) is 7.05. The summed E-state index contributed by atoms with van der Waals surface area (Å²) in [5.41, 5.74) is 7.36. The molecule has 2 aromatic rings. The molecule has 3 nitrogen and oxygen atoms in total. The molecule has 0 spiro atoms. The third-order valence-corrected chi connectivity index (χ3v) is 10.1. The average molecular weight is 479 g/mol. The lowest BCUT2D eigenvalue weighted by Crippen LogP contribution is -2.34. The molecule has 0 bridgehead atoms. The maximum atomic E-state index is 6.83. The Bertz CT molecular complexity index is 1030. The van der Waals surface area contributed by atoms with Gasteiger partial charge in [0.15, 0.2) is 0 Å². The first-order chi connectivity index (χ1) is 16.6. The minimum absolute atomic E-state index is 0.120. The predicted molar refractivity (Wildman–Crippen MR) is 138 cm³/mol. The zero-order chi connectivity index (χ0) is 23.2. The van der Waals surface area contributed by atoms with E-state index in [0.717, 1.165) is 31.4 Å². The SMILES string of the molecule is CC(C)[C@@H]1CC[C@@H](C)C[C@H]1OP1Oc2ccc3c(c2[C@H]2c4ccccc4CCC2O1)CCCC3. The predicted octanol–water partition coefficient (Wildman–Crippen LogP) is 8.13. The summed E-state index contributed by atoms with van der Waals surface area (Å²) in [5.74, 6) is 3.17. The minimum atomic E-state index is -1.42. The summed E-state index contributed by atoms with van der Waals surface area (Å²) in [7, 11) is -1.42. The van der Waals surface area contributed by atoms with Gasteiger partial charge in [0.1, 0.15) is 5.75 Å². The van der Waals surface area contributed by atoms with Gasteiger partial charge >= 0.3 is 8.60 Å². The highest BCUT2D eigenvalue weighted by atomic mass is 31.2. The van der Waals surface area contributed by atoms with E-state index in [1.807, 2.05) is 0 Å². The first kappa shape index (κ1) is 23.0. The summed E-state index contributed by atoms with van der Waals surface area (Å²) >= 11 is 0. The van der Waals surface area contributed by atoms with Gasteiger partial charge < -0.3 is 4.52 Å². The molecule has 6 atom stereocenters. The van der Waals surface area contributed by atoms with E-state index in [1.165, 1.54) is 59.9 Å². The van der Waals surface area contributed by atoms with Crippen molar-refractivity contribution in [1.82, 2.24) is 0 Å². The van der Waals surface area contributed by atoms with Crippen LogP contribution in [0.1, 0.15) is 93.0 Å². The highest BCUT2D eigenvalue weighted by molar-refractivity contribution is 7.42. The molecule has 1 aliphatic heterocycles. The van der Waals surface area contributed by atoms with Gasteiger partial charge in [-0.2, -0.15) is 0 Å². The summed E-state index contributed by atoms with van der Waals surface area (Å²) in [5, 5.41) is 0. The molecule has 3 aliphatic carbocycles. The van der Waals surface area contributed by atoms with Crippen LogP contribution in [0.25, 0.3) is 0 Å². The zero-order valence-electron chi connectivity index (χ0n) is 21.0. The van der Waals surface area contributed by atoms with Crippen molar-refractivity contribution in [3.8, 4) is 5.75 Å². The molecule has 0 radical (unpaired) electrons.